The first kappa shape index (κ1) is 21.1. The van der Waals surface area contributed by atoms with E-state index in [0.29, 0.717) is 30.8 Å². The molecule has 4 rings (SSSR count). The zero-order valence-corrected chi connectivity index (χ0v) is 17.9. The van der Waals surface area contributed by atoms with Crippen molar-refractivity contribution in [1.29, 1.82) is 0 Å². The van der Waals surface area contributed by atoms with Crippen molar-refractivity contribution in [3.05, 3.63) is 18.2 Å². The average molecular weight is 436 g/mol. The molecule has 2 amide bonds. The summed E-state index contributed by atoms with van der Waals surface area (Å²) < 4.78 is 33.1. The Hall–Kier alpha value is -2.13. The summed E-state index contributed by atoms with van der Waals surface area (Å²) >= 11 is 0. The number of hydrogen-bond donors (Lipinski definition) is 2. The maximum Gasteiger partial charge on any atom is 0.262 e. The smallest absolute Gasteiger partial charge is 0.262 e. The fraction of sp³-hybridized carbons (Fsp3) is 0.619. The monoisotopic (exact) mass is 435 g/mol. The van der Waals surface area contributed by atoms with Gasteiger partial charge in [0.05, 0.1) is 16.5 Å². The molecule has 164 valence electrons. The maximum atomic E-state index is 13.2. The second-order valence-electron chi connectivity index (χ2n) is 8.39. The Morgan fingerprint density at radius 2 is 1.87 bits per heavy atom. The number of nitrogens with one attached hydrogen (secondary N) is 2. The molecule has 8 nitrogen and oxygen atoms in total. The standard InChI is InChI=1S/C21H29N3O5S/c25-20-14-29-19-10-9-17(12-18(19)23-20)30(27,28)24-11-5-6-15(13-24)21(26)22-16-7-3-1-2-4-8-16/h9-10,12,15-16H,1-8,11,13-14H2,(H,22,26)(H,23,25)/t15-/m1/s1. The van der Waals surface area contributed by atoms with E-state index in [4.69, 9.17) is 4.74 Å². The Labute approximate surface area is 177 Å². The lowest BCUT2D eigenvalue weighted by atomic mass is 9.97. The quantitative estimate of drug-likeness (QED) is 0.706. The van der Waals surface area contributed by atoms with Gasteiger partial charge in [-0.2, -0.15) is 4.31 Å². The molecule has 1 saturated carbocycles. The number of rotatable bonds is 4. The van der Waals surface area contributed by atoms with Crippen LogP contribution in [-0.2, 0) is 19.6 Å². The summed E-state index contributed by atoms with van der Waals surface area (Å²) in [5, 5.41) is 5.80. The summed E-state index contributed by atoms with van der Waals surface area (Å²) in [6, 6.07) is 4.68. The molecular formula is C21H29N3O5S. The van der Waals surface area contributed by atoms with Crippen molar-refractivity contribution in [1.82, 2.24) is 9.62 Å². The van der Waals surface area contributed by atoms with E-state index in [1.807, 2.05) is 0 Å². The number of hydrogen-bond acceptors (Lipinski definition) is 5. The molecule has 0 aromatic heterocycles. The van der Waals surface area contributed by atoms with Crippen molar-refractivity contribution in [3.8, 4) is 5.75 Å². The van der Waals surface area contributed by atoms with Gasteiger partial charge >= 0.3 is 0 Å². The van der Waals surface area contributed by atoms with Gasteiger partial charge in [-0.1, -0.05) is 25.7 Å². The van der Waals surface area contributed by atoms with Crippen LogP contribution in [0.5, 0.6) is 5.75 Å². The highest BCUT2D eigenvalue weighted by Crippen LogP contribution is 2.32. The van der Waals surface area contributed by atoms with Crippen LogP contribution in [0.1, 0.15) is 51.4 Å². The predicted molar refractivity (Wildman–Crippen MR) is 112 cm³/mol. The number of nitrogens with zero attached hydrogens (tertiary/aromatic N) is 1. The molecule has 9 heteroatoms. The van der Waals surface area contributed by atoms with Gasteiger partial charge < -0.3 is 15.4 Å². The number of sulfonamides is 1. The van der Waals surface area contributed by atoms with Crippen LogP contribution in [0.15, 0.2) is 23.1 Å². The number of carbonyl (C=O) groups excluding carboxylic acids is 2. The first-order chi connectivity index (χ1) is 14.4. The molecular weight excluding hydrogens is 406 g/mol. The van der Waals surface area contributed by atoms with Gasteiger partial charge in [-0.05, 0) is 43.9 Å². The van der Waals surface area contributed by atoms with E-state index in [0.717, 1.165) is 25.7 Å². The summed E-state index contributed by atoms with van der Waals surface area (Å²) in [6.45, 7) is 0.485. The highest BCUT2D eigenvalue weighted by Gasteiger charge is 2.34. The van der Waals surface area contributed by atoms with Gasteiger partial charge in [0, 0.05) is 19.1 Å². The lowest BCUT2D eigenvalue weighted by molar-refractivity contribution is -0.127. The highest BCUT2D eigenvalue weighted by atomic mass is 32.2. The third-order valence-corrected chi connectivity index (χ3v) is 8.04. The van der Waals surface area contributed by atoms with Crippen LogP contribution < -0.4 is 15.4 Å². The molecule has 1 saturated heterocycles. The van der Waals surface area contributed by atoms with Crippen LogP contribution in [-0.4, -0.2) is 50.3 Å². The number of amides is 2. The van der Waals surface area contributed by atoms with Crippen LogP contribution in [0, 0.1) is 5.92 Å². The zero-order valence-electron chi connectivity index (χ0n) is 17.1. The molecule has 0 radical (unpaired) electrons. The lowest BCUT2D eigenvalue weighted by Gasteiger charge is -2.32. The zero-order chi connectivity index (χ0) is 21.1. The largest absolute Gasteiger partial charge is 0.482 e. The molecule has 2 fully saturated rings. The van der Waals surface area contributed by atoms with Crippen LogP contribution in [0.3, 0.4) is 0 Å². The Kier molecular flexibility index (Phi) is 6.29. The lowest BCUT2D eigenvalue weighted by Crippen LogP contribution is -2.47. The Morgan fingerprint density at radius 1 is 1.10 bits per heavy atom. The Balaban J connectivity index is 1.45. The number of piperidine rings is 1. The normalized spacial score (nSPS) is 23.6. The molecule has 2 aliphatic heterocycles. The van der Waals surface area contributed by atoms with Gasteiger partial charge in [0.2, 0.25) is 15.9 Å². The minimum Gasteiger partial charge on any atom is -0.482 e. The molecule has 3 aliphatic rings. The van der Waals surface area contributed by atoms with Gasteiger partial charge in [0.25, 0.3) is 5.91 Å². The number of benzene rings is 1. The SMILES string of the molecule is O=C1COc2ccc(S(=O)(=O)N3CCC[C@@H](C(=O)NC4CCCCCC4)C3)cc2N1. The third kappa shape index (κ3) is 4.62. The van der Waals surface area contributed by atoms with Crippen LogP contribution in [0.2, 0.25) is 0 Å². The molecule has 0 spiro atoms. The minimum atomic E-state index is -3.77. The van der Waals surface area contributed by atoms with Gasteiger partial charge in [-0.3, -0.25) is 9.59 Å². The van der Waals surface area contributed by atoms with Crippen LogP contribution in [0.4, 0.5) is 5.69 Å². The topological polar surface area (TPSA) is 105 Å². The van der Waals surface area contributed by atoms with Crippen molar-refractivity contribution in [2.24, 2.45) is 5.92 Å². The van der Waals surface area contributed by atoms with E-state index in [9.17, 15) is 18.0 Å². The van der Waals surface area contributed by atoms with Crippen LogP contribution >= 0.6 is 0 Å². The van der Waals surface area contributed by atoms with E-state index < -0.39 is 10.0 Å². The fourth-order valence-electron chi connectivity index (χ4n) is 4.49. The van der Waals surface area contributed by atoms with Crippen LogP contribution in [0.25, 0.3) is 0 Å². The van der Waals surface area contributed by atoms with Crippen molar-refractivity contribution < 1.29 is 22.7 Å². The molecule has 1 aromatic carbocycles. The third-order valence-electron chi connectivity index (χ3n) is 6.18. The number of carbonyl (C=O) groups is 2. The minimum absolute atomic E-state index is 0.0343. The highest BCUT2D eigenvalue weighted by molar-refractivity contribution is 7.89. The van der Waals surface area contributed by atoms with Crippen molar-refractivity contribution in [2.45, 2.75) is 62.3 Å². The van der Waals surface area contributed by atoms with Gasteiger partial charge in [0.15, 0.2) is 6.61 Å². The summed E-state index contributed by atoms with van der Waals surface area (Å²) in [7, 11) is -3.77. The van der Waals surface area contributed by atoms with E-state index in [2.05, 4.69) is 10.6 Å². The molecule has 2 N–H and O–H groups in total. The van der Waals surface area contributed by atoms with Gasteiger partial charge in [-0.25, -0.2) is 8.42 Å². The maximum absolute atomic E-state index is 13.2. The molecule has 0 unspecified atom stereocenters. The molecule has 0 bridgehead atoms. The summed E-state index contributed by atoms with van der Waals surface area (Å²) in [6.07, 6.45) is 8.05. The predicted octanol–water partition coefficient (Wildman–Crippen LogP) is 2.26. The number of fused-ring (bicyclic) bond motifs is 1. The molecule has 1 aromatic rings. The number of anilines is 1. The molecule has 2 heterocycles. The first-order valence-electron chi connectivity index (χ1n) is 10.8. The second-order valence-corrected chi connectivity index (χ2v) is 10.3. The Bertz CT molecular complexity index is 909. The van der Waals surface area contributed by atoms with Gasteiger partial charge in [-0.15, -0.1) is 0 Å². The molecule has 1 atom stereocenters. The molecule has 1 aliphatic carbocycles. The first-order valence-corrected chi connectivity index (χ1v) is 12.2. The fourth-order valence-corrected chi connectivity index (χ4v) is 6.04. The van der Waals surface area contributed by atoms with Crippen molar-refractivity contribution in [2.75, 3.05) is 25.0 Å². The van der Waals surface area contributed by atoms with Crippen molar-refractivity contribution in [3.63, 3.8) is 0 Å². The van der Waals surface area contributed by atoms with E-state index >= 15 is 0 Å². The van der Waals surface area contributed by atoms with E-state index in [1.165, 1.54) is 29.3 Å². The van der Waals surface area contributed by atoms with Gasteiger partial charge in [0.1, 0.15) is 5.75 Å². The molecule has 30 heavy (non-hydrogen) atoms. The summed E-state index contributed by atoms with van der Waals surface area (Å²) in [4.78, 5) is 24.5. The summed E-state index contributed by atoms with van der Waals surface area (Å²) in [5.74, 6) is -0.233. The average Bonchev–Trinajstić information content (AvgIpc) is 3.02. The number of ether oxygens (including phenoxy) is 1. The van der Waals surface area contributed by atoms with E-state index in [-0.39, 0.29) is 41.8 Å². The second kappa shape index (κ2) is 8.93. The van der Waals surface area contributed by atoms with E-state index in [1.54, 1.807) is 6.07 Å². The Morgan fingerprint density at radius 3 is 2.63 bits per heavy atom. The van der Waals surface area contributed by atoms with Crippen molar-refractivity contribution >= 4 is 27.5 Å². The summed E-state index contributed by atoms with van der Waals surface area (Å²) in [5.41, 5.74) is 0.354.